The molecule has 0 aliphatic heterocycles. The van der Waals surface area contributed by atoms with Gasteiger partial charge in [-0.25, -0.2) is 4.98 Å². The van der Waals surface area contributed by atoms with Crippen molar-refractivity contribution >= 4 is 5.91 Å². The van der Waals surface area contributed by atoms with Crippen LogP contribution in [-0.2, 0) is 0 Å². The number of rotatable bonds is 2. The SMILES string of the molecule is CN(C(=O)c1cccc(F)n1)C1CCCCC1. The molecule has 1 aliphatic rings. The molecule has 1 heterocycles. The van der Waals surface area contributed by atoms with Crippen molar-refractivity contribution < 1.29 is 9.18 Å². The minimum absolute atomic E-state index is 0.184. The molecule has 4 heteroatoms. The first-order valence-electron chi connectivity index (χ1n) is 6.08. The molecule has 0 aromatic carbocycles. The maximum absolute atomic E-state index is 13.0. The van der Waals surface area contributed by atoms with E-state index < -0.39 is 5.95 Å². The van der Waals surface area contributed by atoms with Gasteiger partial charge in [0, 0.05) is 13.1 Å². The zero-order valence-electron chi connectivity index (χ0n) is 10.0. The third-order valence-electron chi connectivity index (χ3n) is 3.38. The Morgan fingerprint density at radius 2 is 2.06 bits per heavy atom. The zero-order chi connectivity index (χ0) is 12.3. The summed E-state index contributed by atoms with van der Waals surface area (Å²) in [5.74, 6) is -0.788. The summed E-state index contributed by atoms with van der Waals surface area (Å²) in [7, 11) is 1.78. The Morgan fingerprint density at radius 3 is 2.71 bits per heavy atom. The third kappa shape index (κ3) is 2.81. The Kier molecular flexibility index (Phi) is 3.71. The van der Waals surface area contributed by atoms with Crippen molar-refractivity contribution in [3.63, 3.8) is 0 Å². The average Bonchev–Trinajstić information content (AvgIpc) is 2.38. The predicted molar refractivity (Wildman–Crippen MR) is 63.2 cm³/mol. The van der Waals surface area contributed by atoms with Gasteiger partial charge in [0.25, 0.3) is 5.91 Å². The van der Waals surface area contributed by atoms with Gasteiger partial charge in [0.05, 0.1) is 0 Å². The quantitative estimate of drug-likeness (QED) is 0.739. The molecule has 0 unspecified atom stereocenters. The van der Waals surface area contributed by atoms with Gasteiger partial charge in [0.15, 0.2) is 0 Å². The van der Waals surface area contributed by atoms with Crippen LogP contribution in [-0.4, -0.2) is 28.9 Å². The Hall–Kier alpha value is -1.45. The Balaban J connectivity index is 2.08. The van der Waals surface area contributed by atoms with E-state index in [2.05, 4.69) is 4.98 Å². The fraction of sp³-hybridized carbons (Fsp3) is 0.538. The number of hydrogen-bond acceptors (Lipinski definition) is 2. The van der Waals surface area contributed by atoms with E-state index in [1.54, 1.807) is 18.0 Å². The van der Waals surface area contributed by atoms with E-state index in [1.165, 1.54) is 31.4 Å². The molecular weight excluding hydrogens is 219 g/mol. The summed E-state index contributed by atoms with van der Waals surface area (Å²) in [6.07, 6.45) is 5.66. The van der Waals surface area contributed by atoms with Crippen LogP contribution in [0.1, 0.15) is 42.6 Å². The second-order valence-electron chi connectivity index (χ2n) is 4.55. The molecule has 92 valence electrons. The molecule has 1 aliphatic carbocycles. The van der Waals surface area contributed by atoms with E-state index in [1.807, 2.05) is 0 Å². The number of hydrogen-bond donors (Lipinski definition) is 0. The highest BCUT2D eigenvalue weighted by atomic mass is 19.1. The second kappa shape index (κ2) is 5.25. The van der Waals surface area contributed by atoms with Crippen LogP contribution in [0.4, 0.5) is 4.39 Å². The van der Waals surface area contributed by atoms with E-state index in [4.69, 9.17) is 0 Å². The van der Waals surface area contributed by atoms with Crippen LogP contribution in [0.5, 0.6) is 0 Å². The summed E-state index contributed by atoms with van der Waals surface area (Å²) in [5.41, 5.74) is 0.193. The van der Waals surface area contributed by atoms with Crippen LogP contribution in [0.25, 0.3) is 0 Å². The number of nitrogens with zero attached hydrogens (tertiary/aromatic N) is 2. The lowest BCUT2D eigenvalue weighted by Gasteiger charge is -2.30. The van der Waals surface area contributed by atoms with Crippen molar-refractivity contribution in [1.29, 1.82) is 0 Å². The Bertz CT molecular complexity index is 402. The van der Waals surface area contributed by atoms with Crippen molar-refractivity contribution in [2.24, 2.45) is 0 Å². The molecule has 0 bridgehead atoms. The molecule has 1 fully saturated rings. The number of aromatic nitrogens is 1. The standard InChI is InChI=1S/C13H17FN2O/c1-16(10-6-3-2-4-7-10)13(17)11-8-5-9-12(14)15-11/h5,8-10H,2-4,6-7H2,1H3. The van der Waals surface area contributed by atoms with Gasteiger partial charge in [-0.15, -0.1) is 0 Å². The van der Waals surface area contributed by atoms with E-state index in [0.717, 1.165) is 12.8 Å². The minimum Gasteiger partial charge on any atom is -0.337 e. The first-order chi connectivity index (χ1) is 8.18. The third-order valence-corrected chi connectivity index (χ3v) is 3.38. The molecule has 3 nitrogen and oxygen atoms in total. The number of amides is 1. The summed E-state index contributed by atoms with van der Waals surface area (Å²) >= 11 is 0. The molecule has 0 spiro atoms. The highest BCUT2D eigenvalue weighted by molar-refractivity contribution is 5.92. The Morgan fingerprint density at radius 1 is 1.35 bits per heavy atom. The van der Waals surface area contributed by atoms with Gasteiger partial charge in [0.2, 0.25) is 5.95 Å². The van der Waals surface area contributed by atoms with Gasteiger partial charge >= 0.3 is 0 Å². The van der Waals surface area contributed by atoms with E-state index in [0.29, 0.717) is 0 Å². The summed E-state index contributed by atoms with van der Waals surface area (Å²) in [6, 6.07) is 4.60. The molecule has 2 rings (SSSR count). The van der Waals surface area contributed by atoms with Crippen LogP contribution in [0.15, 0.2) is 18.2 Å². The largest absolute Gasteiger partial charge is 0.337 e. The molecule has 1 amide bonds. The lowest BCUT2D eigenvalue weighted by Crippen LogP contribution is -2.38. The lowest BCUT2D eigenvalue weighted by molar-refractivity contribution is 0.0689. The summed E-state index contributed by atoms with van der Waals surface area (Å²) in [5, 5.41) is 0. The smallest absolute Gasteiger partial charge is 0.272 e. The first kappa shape index (κ1) is 12.0. The van der Waals surface area contributed by atoms with E-state index in [-0.39, 0.29) is 17.6 Å². The van der Waals surface area contributed by atoms with Crippen LogP contribution in [0.2, 0.25) is 0 Å². The van der Waals surface area contributed by atoms with Gasteiger partial charge in [-0.2, -0.15) is 4.39 Å². The molecule has 0 N–H and O–H groups in total. The van der Waals surface area contributed by atoms with E-state index >= 15 is 0 Å². The normalized spacial score (nSPS) is 16.8. The monoisotopic (exact) mass is 236 g/mol. The number of halogens is 1. The number of pyridine rings is 1. The Labute approximate surface area is 101 Å². The topological polar surface area (TPSA) is 33.2 Å². The molecule has 0 radical (unpaired) electrons. The number of carbonyl (C=O) groups excluding carboxylic acids is 1. The van der Waals surface area contributed by atoms with Gasteiger partial charge in [-0.05, 0) is 25.0 Å². The van der Waals surface area contributed by atoms with Gasteiger partial charge in [-0.3, -0.25) is 4.79 Å². The van der Waals surface area contributed by atoms with Crippen LogP contribution >= 0.6 is 0 Å². The van der Waals surface area contributed by atoms with E-state index in [9.17, 15) is 9.18 Å². The molecule has 1 saturated carbocycles. The molecule has 1 aromatic rings. The molecular formula is C13H17FN2O. The molecule has 0 saturated heterocycles. The zero-order valence-corrected chi connectivity index (χ0v) is 10.0. The van der Waals surface area contributed by atoms with Crippen molar-refractivity contribution in [2.75, 3.05) is 7.05 Å². The van der Waals surface area contributed by atoms with Gasteiger partial charge < -0.3 is 4.90 Å². The van der Waals surface area contributed by atoms with Crippen LogP contribution in [0.3, 0.4) is 0 Å². The van der Waals surface area contributed by atoms with Crippen molar-refractivity contribution in [2.45, 2.75) is 38.1 Å². The van der Waals surface area contributed by atoms with Crippen LogP contribution < -0.4 is 0 Å². The van der Waals surface area contributed by atoms with Crippen molar-refractivity contribution in [1.82, 2.24) is 9.88 Å². The second-order valence-corrected chi connectivity index (χ2v) is 4.55. The summed E-state index contributed by atoms with van der Waals surface area (Å²) < 4.78 is 13.0. The highest BCUT2D eigenvalue weighted by Crippen LogP contribution is 2.22. The van der Waals surface area contributed by atoms with Crippen molar-refractivity contribution in [3.05, 3.63) is 29.8 Å². The molecule has 1 aromatic heterocycles. The lowest BCUT2D eigenvalue weighted by atomic mass is 9.94. The summed E-state index contributed by atoms with van der Waals surface area (Å²) in [6.45, 7) is 0. The molecule has 0 atom stereocenters. The van der Waals surface area contributed by atoms with Gasteiger partial charge in [-0.1, -0.05) is 25.3 Å². The fourth-order valence-electron chi connectivity index (χ4n) is 2.34. The fourth-order valence-corrected chi connectivity index (χ4v) is 2.34. The average molecular weight is 236 g/mol. The van der Waals surface area contributed by atoms with Crippen LogP contribution in [0, 0.1) is 5.95 Å². The minimum atomic E-state index is -0.604. The number of carbonyl (C=O) groups is 1. The van der Waals surface area contributed by atoms with Crippen molar-refractivity contribution in [3.8, 4) is 0 Å². The predicted octanol–water partition coefficient (Wildman–Crippen LogP) is 2.63. The maximum Gasteiger partial charge on any atom is 0.272 e. The first-order valence-corrected chi connectivity index (χ1v) is 6.08. The molecule has 17 heavy (non-hydrogen) atoms. The van der Waals surface area contributed by atoms with Gasteiger partial charge in [0.1, 0.15) is 5.69 Å². The summed E-state index contributed by atoms with van der Waals surface area (Å²) in [4.78, 5) is 17.4. The maximum atomic E-state index is 13.0. The highest BCUT2D eigenvalue weighted by Gasteiger charge is 2.23.